The van der Waals surface area contributed by atoms with Crippen LogP contribution >= 0.6 is 11.8 Å². The minimum atomic E-state index is -3.16. The maximum Gasteiger partial charge on any atom is 0.248 e. The fraction of sp³-hybridized carbons (Fsp3) is 0.500. The molecule has 2 aliphatic rings. The molecule has 2 atom stereocenters. The number of benzene rings is 1. The van der Waals surface area contributed by atoms with E-state index in [0.29, 0.717) is 11.6 Å². The second-order valence-electron chi connectivity index (χ2n) is 6.51. The molecule has 2 aliphatic heterocycles. The van der Waals surface area contributed by atoms with E-state index in [4.69, 9.17) is 0 Å². The molecule has 1 aromatic rings. The Labute approximate surface area is 145 Å². The molecule has 0 aromatic heterocycles. The molecular weight excluding hydrogens is 351 g/mol. The van der Waals surface area contributed by atoms with Gasteiger partial charge in [-0.25, -0.2) is 12.8 Å². The second-order valence-corrected chi connectivity index (χ2v) is 9.87. The van der Waals surface area contributed by atoms with Crippen LogP contribution in [0.25, 0.3) is 0 Å². The number of rotatable bonds is 3. The Bertz CT molecular complexity index is 792. The number of nitrogens with zero attached hydrogens (tertiary/aromatic N) is 2. The van der Waals surface area contributed by atoms with Gasteiger partial charge in [0.1, 0.15) is 5.82 Å². The Kier molecular flexibility index (Phi) is 4.70. The number of thioether (sulfide) groups is 1. The van der Waals surface area contributed by atoms with Crippen LogP contribution < -0.4 is 4.90 Å². The van der Waals surface area contributed by atoms with Crippen LogP contribution in [0.2, 0.25) is 0 Å². The Morgan fingerprint density at radius 2 is 2.08 bits per heavy atom. The zero-order valence-corrected chi connectivity index (χ0v) is 15.1. The molecule has 2 fully saturated rings. The molecule has 0 spiro atoms. The van der Waals surface area contributed by atoms with Crippen molar-refractivity contribution in [3.8, 4) is 0 Å². The monoisotopic (exact) mass is 370 g/mol. The zero-order chi connectivity index (χ0) is 17.5. The molecule has 2 unspecified atom stereocenters. The molecule has 2 saturated heterocycles. The lowest BCUT2D eigenvalue weighted by atomic mass is 10.1. The third-order valence-corrected chi connectivity index (χ3v) is 7.19. The summed E-state index contributed by atoms with van der Waals surface area (Å²) in [7, 11) is -3.16. The minimum Gasteiger partial charge on any atom is -0.313 e. The fourth-order valence-electron chi connectivity index (χ4n) is 2.99. The lowest BCUT2D eigenvalue weighted by Gasteiger charge is -2.24. The number of amidine groups is 1. The molecule has 1 aromatic carbocycles. The molecule has 130 valence electrons. The topological polar surface area (TPSA) is 66.8 Å². The van der Waals surface area contributed by atoms with E-state index in [1.54, 1.807) is 23.1 Å². The largest absolute Gasteiger partial charge is 0.313 e. The van der Waals surface area contributed by atoms with Crippen LogP contribution in [-0.2, 0) is 14.6 Å². The second kappa shape index (κ2) is 6.48. The third-order valence-electron chi connectivity index (χ3n) is 3.98. The molecule has 0 saturated carbocycles. The van der Waals surface area contributed by atoms with Crippen molar-refractivity contribution in [2.75, 3.05) is 16.4 Å². The van der Waals surface area contributed by atoms with E-state index in [1.165, 1.54) is 17.8 Å². The van der Waals surface area contributed by atoms with Gasteiger partial charge < -0.3 is 4.90 Å². The number of carbonyl (C=O) groups is 1. The van der Waals surface area contributed by atoms with Crippen molar-refractivity contribution >= 4 is 38.4 Å². The van der Waals surface area contributed by atoms with Crippen molar-refractivity contribution in [1.29, 1.82) is 0 Å². The highest BCUT2D eigenvalue weighted by molar-refractivity contribution is 8.16. The number of hydrogen-bond donors (Lipinski definition) is 0. The average Bonchev–Trinajstić information content (AvgIpc) is 2.90. The van der Waals surface area contributed by atoms with Gasteiger partial charge >= 0.3 is 0 Å². The Morgan fingerprint density at radius 3 is 2.75 bits per heavy atom. The van der Waals surface area contributed by atoms with Gasteiger partial charge in [0.15, 0.2) is 15.0 Å². The van der Waals surface area contributed by atoms with Crippen LogP contribution in [0.1, 0.15) is 20.3 Å². The number of halogens is 1. The maximum atomic E-state index is 14.3. The standard InChI is InChI=1S/C16H19FN2O3S2/c1-10(2)7-15(20)18-16-19(12-6-4-3-5-11(12)17)13-8-24(21,22)9-14(13)23-16/h3-6,10,13-14H,7-9H2,1-2H3. The van der Waals surface area contributed by atoms with Crippen LogP contribution in [0.5, 0.6) is 0 Å². The van der Waals surface area contributed by atoms with E-state index in [2.05, 4.69) is 4.99 Å². The number of para-hydroxylation sites is 1. The first-order valence-electron chi connectivity index (χ1n) is 7.79. The van der Waals surface area contributed by atoms with Gasteiger partial charge in [-0.15, -0.1) is 0 Å². The Balaban J connectivity index is 1.99. The first kappa shape index (κ1) is 17.4. The highest BCUT2D eigenvalue weighted by Gasteiger charge is 2.49. The predicted molar refractivity (Wildman–Crippen MR) is 94.6 cm³/mol. The van der Waals surface area contributed by atoms with E-state index in [-0.39, 0.29) is 40.3 Å². The Morgan fingerprint density at radius 1 is 1.38 bits per heavy atom. The van der Waals surface area contributed by atoms with Crippen LogP contribution in [0, 0.1) is 11.7 Å². The summed E-state index contributed by atoms with van der Waals surface area (Å²) in [5.41, 5.74) is 0.269. The first-order chi connectivity index (χ1) is 11.3. The molecule has 24 heavy (non-hydrogen) atoms. The lowest BCUT2D eigenvalue weighted by molar-refractivity contribution is -0.118. The summed E-state index contributed by atoms with van der Waals surface area (Å²) < 4.78 is 38.2. The van der Waals surface area contributed by atoms with Crippen molar-refractivity contribution in [1.82, 2.24) is 0 Å². The molecule has 2 heterocycles. The summed E-state index contributed by atoms with van der Waals surface area (Å²) in [5, 5.41) is 0.177. The predicted octanol–water partition coefficient (Wildman–Crippen LogP) is 2.47. The van der Waals surface area contributed by atoms with Gasteiger partial charge in [-0.05, 0) is 18.1 Å². The number of anilines is 1. The van der Waals surface area contributed by atoms with Crippen molar-refractivity contribution in [3.63, 3.8) is 0 Å². The van der Waals surface area contributed by atoms with E-state index in [9.17, 15) is 17.6 Å². The number of sulfone groups is 1. The molecule has 1 amide bonds. The van der Waals surface area contributed by atoms with Crippen molar-refractivity contribution in [3.05, 3.63) is 30.1 Å². The number of hydrogen-bond acceptors (Lipinski definition) is 4. The van der Waals surface area contributed by atoms with Gasteiger partial charge in [0, 0.05) is 11.7 Å². The molecule has 3 rings (SSSR count). The van der Waals surface area contributed by atoms with Crippen molar-refractivity contribution in [2.24, 2.45) is 10.9 Å². The number of amides is 1. The number of aliphatic imine (C=N–C) groups is 1. The van der Waals surface area contributed by atoms with Crippen molar-refractivity contribution < 1.29 is 17.6 Å². The van der Waals surface area contributed by atoms with Gasteiger partial charge in [-0.3, -0.25) is 4.79 Å². The fourth-order valence-corrected chi connectivity index (χ4v) is 6.92. The summed E-state index contributed by atoms with van der Waals surface area (Å²) in [5.74, 6) is -0.556. The van der Waals surface area contributed by atoms with Gasteiger partial charge in [-0.1, -0.05) is 37.7 Å². The summed E-state index contributed by atoms with van der Waals surface area (Å²) >= 11 is 1.26. The van der Waals surface area contributed by atoms with Crippen LogP contribution in [0.15, 0.2) is 29.3 Å². The summed E-state index contributed by atoms with van der Waals surface area (Å²) in [6, 6.07) is 5.79. The normalized spacial score (nSPS) is 27.0. The highest BCUT2D eigenvalue weighted by atomic mass is 32.2. The van der Waals surface area contributed by atoms with Crippen molar-refractivity contribution in [2.45, 2.75) is 31.6 Å². The quantitative estimate of drug-likeness (QED) is 0.818. The Hall–Kier alpha value is -1.41. The van der Waals surface area contributed by atoms with Gasteiger partial charge in [0.05, 0.1) is 23.2 Å². The number of carbonyl (C=O) groups excluding carboxylic acids is 1. The summed E-state index contributed by atoms with van der Waals surface area (Å²) in [6.07, 6.45) is 0.308. The molecule has 0 radical (unpaired) electrons. The summed E-state index contributed by atoms with van der Waals surface area (Å²) in [6.45, 7) is 3.85. The molecule has 5 nitrogen and oxygen atoms in total. The zero-order valence-electron chi connectivity index (χ0n) is 13.5. The molecule has 0 bridgehead atoms. The average molecular weight is 370 g/mol. The highest BCUT2D eigenvalue weighted by Crippen LogP contribution is 2.41. The molecular formula is C16H19FN2O3S2. The maximum absolute atomic E-state index is 14.3. The molecule has 0 N–H and O–H groups in total. The van der Waals surface area contributed by atoms with Crippen LogP contribution in [-0.4, -0.2) is 42.3 Å². The van der Waals surface area contributed by atoms with E-state index >= 15 is 0 Å². The smallest absolute Gasteiger partial charge is 0.248 e. The van der Waals surface area contributed by atoms with E-state index in [1.807, 2.05) is 13.8 Å². The number of fused-ring (bicyclic) bond motifs is 1. The molecule has 0 aliphatic carbocycles. The third kappa shape index (κ3) is 3.49. The van der Waals surface area contributed by atoms with Gasteiger partial charge in [-0.2, -0.15) is 4.99 Å². The van der Waals surface area contributed by atoms with E-state index < -0.39 is 15.7 Å². The van der Waals surface area contributed by atoms with Gasteiger partial charge in [0.25, 0.3) is 0 Å². The minimum absolute atomic E-state index is 0.0324. The lowest BCUT2D eigenvalue weighted by Crippen LogP contribution is -2.38. The first-order valence-corrected chi connectivity index (χ1v) is 10.5. The van der Waals surface area contributed by atoms with Gasteiger partial charge in [0.2, 0.25) is 5.91 Å². The van der Waals surface area contributed by atoms with Crippen LogP contribution in [0.4, 0.5) is 10.1 Å². The van der Waals surface area contributed by atoms with Crippen LogP contribution in [0.3, 0.4) is 0 Å². The SMILES string of the molecule is CC(C)CC(=O)N=C1SC2CS(=O)(=O)CC2N1c1ccccc1F. The summed E-state index contributed by atoms with van der Waals surface area (Å²) in [4.78, 5) is 17.8. The van der Waals surface area contributed by atoms with E-state index in [0.717, 1.165) is 0 Å². The molecule has 8 heteroatoms.